The van der Waals surface area contributed by atoms with Crippen LogP contribution >= 0.6 is 34.9 Å². The molecule has 0 saturated carbocycles. The van der Waals surface area contributed by atoms with Crippen LogP contribution in [0.3, 0.4) is 0 Å². The summed E-state index contributed by atoms with van der Waals surface area (Å²) in [4.78, 5) is 32.3. The van der Waals surface area contributed by atoms with Crippen LogP contribution < -0.4 is 5.32 Å². The lowest BCUT2D eigenvalue weighted by atomic mass is 10.0. The van der Waals surface area contributed by atoms with Crippen molar-refractivity contribution < 1.29 is 32.3 Å². The predicted octanol–water partition coefficient (Wildman–Crippen LogP) is 5.42. The first-order valence-electron chi connectivity index (χ1n) is 10.4. The monoisotopic (exact) mass is 576 g/mol. The number of amides is 1. The van der Waals surface area contributed by atoms with E-state index < -0.39 is 18.1 Å². The number of hydrogen-bond donors (Lipinski definition) is 3. The zero-order valence-electron chi connectivity index (χ0n) is 17.7. The Labute approximate surface area is 206 Å². The molecule has 0 aliphatic carbocycles. The molecule has 0 radical (unpaired) electrons. The number of carbonyl (C=O) groups is 1. The number of nitrogens with one attached hydrogen (secondary N) is 1. The second-order valence-electron chi connectivity index (χ2n) is 8.18. The molecule has 34 heavy (non-hydrogen) atoms. The van der Waals surface area contributed by atoms with Crippen LogP contribution in [0.5, 0.6) is 0 Å². The molecule has 182 valence electrons. The van der Waals surface area contributed by atoms with Gasteiger partial charge in [-0.25, -0.2) is 4.39 Å². The van der Waals surface area contributed by atoms with E-state index >= 15 is 0 Å². The van der Waals surface area contributed by atoms with E-state index in [0.29, 0.717) is 34.7 Å². The van der Waals surface area contributed by atoms with Gasteiger partial charge in [0.1, 0.15) is 10.7 Å². The van der Waals surface area contributed by atoms with Crippen molar-refractivity contribution in [2.45, 2.75) is 31.1 Å². The van der Waals surface area contributed by atoms with Crippen LogP contribution in [0.15, 0.2) is 46.9 Å². The molecule has 0 spiro atoms. The van der Waals surface area contributed by atoms with Crippen LogP contribution in [-0.2, 0) is 16.8 Å². The van der Waals surface area contributed by atoms with Crippen molar-refractivity contribution in [1.29, 1.82) is 0 Å². The zero-order valence-corrected chi connectivity index (χ0v) is 21.0. The van der Waals surface area contributed by atoms with E-state index in [2.05, 4.69) is 26.1 Å². The molecule has 3 N–H and O–H groups in total. The van der Waals surface area contributed by atoms with Gasteiger partial charge < -0.3 is 15.1 Å². The minimum atomic E-state index is -5.72. The molecule has 12 heteroatoms. The van der Waals surface area contributed by atoms with Gasteiger partial charge in [-0.05, 0) is 59.6 Å². The second-order valence-corrected chi connectivity index (χ2v) is 11.7. The van der Waals surface area contributed by atoms with Gasteiger partial charge >= 0.3 is 13.3 Å². The Kier molecular flexibility index (Phi) is 7.24. The Hall–Kier alpha value is -1.75. The van der Waals surface area contributed by atoms with E-state index in [1.807, 2.05) is 0 Å². The summed E-state index contributed by atoms with van der Waals surface area (Å²) in [6, 6.07) is 10.8. The fraction of sp³-hybridized carbons (Fsp3) is 0.318. The fourth-order valence-corrected chi connectivity index (χ4v) is 6.91. The summed E-state index contributed by atoms with van der Waals surface area (Å²) in [6.07, 6.45) is 1.58. The summed E-state index contributed by atoms with van der Waals surface area (Å²) < 4.78 is 54.0. The molecular formula is C22H21BrF3N2O4PS. The third kappa shape index (κ3) is 5.10. The lowest BCUT2D eigenvalue weighted by Crippen LogP contribution is -2.47. The number of likely N-dealkylation sites (tertiary alicyclic amines) is 1. The Morgan fingerprint density at radius 3 is 2.71 bits per heavy atom. The van der Waals surface area contributed by atoms with Gasteiger partial charge in [0.15, 0.2) is 0 Å². The minimum absolute atomic E-state index is 0.149. The number of carbonyl (C=O) groups excluding carboxylic acids is 1. The molecule has 1 atom stereocenters. The summed E-state index contributed by atoms with van der Waals surface area (Å²) in [5.41, 5.74) is -3.52. The fourth-order valence-electron chi connectivity index (χ4n) is 3.99. The van der Waals surface area contributed by atoms with Gasteiger partial charge in [-0.2, -0.15) is 8.78 Å². The molecule has 6 nitrogen and oxygen atoms in total. The Morgan fingerprint density at radius 1 is 1.26 bits per heavy atom. The highest BCUT2D eigenvalue weighted by atomic mass is 79.9. The standard InChI is InChI=1S/C22H21BrF3N2O4PS/c23-19-16-10-13(7-8-18(16)34-20(19)22(25,26)33(30,31)32)21(29)27-15-5-3-9-28(12-15)11-14-4-1-2-6-17(14)24/h1-2,4,6-8,10,15H,3,5,9,11-12H2,(H,27,29)(H2,30,31,32). The number of rotatable bonds is 6. The Morgan fingerprint density at radius 2 is 2.00 bits per heavy atom. The van der Waals surface area contributed by atoms with Crippen molar-refractivity contribution >= 4 is 50.9 Å². The van der Waals surface area contributed by atoms with Crippen LogP contribution in [0, 0.1) is 5.82 Å². The molecule has 0 bridgehead atoms. The first-order chi connectivity index (χ1) is 16.0. The maximum Gasteiger partial charge on any atom is 0.400 e. The Balaban J connectivity index is 1.49. The van der Waals surface area contributed by atoms with Crippen LogP contribution in [-0.4, -0.2) is 39.7 Å². The van der Waals surface area contributed by atoms with E-state index in [4.69, 9.17) is 9.79 Å². The van der Waals surface area contributed by atoms with Gasteiger partial charge in [0.05, 0.1) is 0 Å². The first-order valence-corrected chi connectivity index (χ1v) is 13.6. The summed E-state index contributed by atoms with van der Waals surface area (Å²) in [5, 5.41) is 3.22. The number of alkyl halides is 2. The topological polar surface area (TPSA) is 89.9 Å². The maximum absolute atomic E-state index is 14.3. The molecule has 1 saturated heterocycles. The summed E-state index contributed by atoms with van der Waals surface area (Å²) in [6.45, 7) is 1.76. The molecule has 4 rings (SSSR count). The lowest BCUT2D eigenvalue weighted by Gasteiger charge is -2.33. The average Bonchev–Trinajstić information content (AvgIpc) is 3.11. The summed E-state index contributed by atoms with van der Waals surface area (Å²) in [5.74, 6) is -0.659. The maximum atomic E-state index is 14.3. The molecule has 1 aliphatic heterocycles. The smallest absolute Gasteiger partial charge is 0.348 e. The molecule has 2 heterocycles. The SMILES string of the molecule is O=C(NC1CCCN(Cc2ccccc2F)C1)c1ccc2sc(C(F)(F)P(=O)(O)O)c(Br)c2c1. The van der Waals surface area contributed by atoms with Gasteiger partial charge in [0.2, 0.25) is 0 Å². The number of halogens is 4. The van der Waals surface area contributed by atoms with E-state index in [1.165, 1.54) is 24.3 Å². The number of benzene rings is 2. The molecule has 1 fully saturated rings. The zero-order chi connectivity index (χ0) is 24.7. The third-order valence-electron chi connectivity index (χ3n) is 5.72. The predicted molar refractivity (Wildman–Crippen MR) is 128 cm³/mol. The van der Waals surface area contributed by atoms with Gasteiger partial charge in [-0.3, -0.25) is 14.3 Å². The highest BCUT2D eigenvalue weighted by molar-refractivity contribution is 9.10. The highest BCUT2D eigenvalue weighted by Crippen LogP contribution is 2.62. The number of piperidine rings is 1. The quantitative estimate of drug-likeness (QED) is 0.341. The summed E-state index contributed by atoms with van der Waals surface area (Å²) >= 11 is 3.58. The van der Waals surface area contributed by atoms with Crippen molar-refractivity contribution in [1.82, 2.24) is 10.2 Å². The van der Waals surface area contributed by atoms with Gasteiger partial charge in [-0.15, -0.1) is 11.3 Å². The lowest BCUT2D eigenvalue weighted by molar-refractivity contribution is 0.0595. The first kappa shape index (κ1) is 25.3. The number of nitrogens with zero attached hydrogens (tertiary/aromatic N) is 1. The van der Waals surface area contributed by atoms with E-state index in [9.17, 15) is 22.5 Å². The number of thiophene rings is 1. The molecular weight excluding hydrogens is 556 g/mol. The second kappa shape index (κ2) is 9.72. The van der Waals surface area contributed by atoms with Crippen molar-refractivity contribution in [2.24, 2.45) is 0 Å². The van der Waals surface area contributed by atoms with Gasteiger partial charge in [-0.1, -0.05) is 18.2 Å². The minimum Gasteiger partial charge on any atom is -0.348 e. The van der Waals surface area contributed by atoms with Gasteiger partial charge in [0.25, 0.3) is 5.91 Å². The van der Waals surface area contributed by atoms with Gasteiger partial charge in [0, 0.05) is 44.8 Å². The highest BCUT2D eigenvalue weighted by Gasteiger charge is 2.53. The largest absolute Gasteiger partial charge is 0.400 e. The molecule has 2 aromatic carbocycles. The number of fused-ring (bicyclic) bond motifs is 1. The molecule has 1 amide bonds. The average molecular weight is 577 g/mol. The summed E-state index contributed by atoms with van der Waals surface area (Å²) in [7, 11) is -5.72. The Bertz CT molecular complexity index is 1280. The van der Waals surface area contributed by atoms with E-state index in [1.54, 1.807) is 18.2 Å². The molecule has 1 aromatic heterocycles. The number of hydrogen-bond acceptors (Lipinski definition) is 4. The third-order valence-corrected chi connectivity index (χ3v) is 9.15. The molecule has 1 aliphatic rings. The van der Waals surface area contributed by atoms with Crippen molar-refractivity contribution in [3.05, 3.63) is 68.8 Å². The van der Waals surface area contributed by atoms with Crippen LogP contribution in [0.25, 0.3) is 10.1 Å². The molecule has 1 unspecified atom stereocenters. The van der Waals surface area contributed by atoms with Crippen molar-refractivity contribution in [2.75, 3.05) is 13.1 Å². The van der Waals surface area contributed by atoms with E-state index in [0.717, 1.165) is 19.4 Å². The van der Waals surface area contributed by atoms with Crippen LogP contribution in [0.1, 0.15) is 33.6 Å². The van der Waals surface area contributed by atoms with E-state index in [-0.39, 0.29) is 33.2 Å². The van der Waals surface area contributed by atoms with Crippen molar-refractivity contribution in [3.8, 4) is 0 Å². The van der Waals surface area contributed by atoms with Crippen molar-refractivity contribution in [3.63, 3.8) is 0 Å². The molecule has 3 aromatic rings. The van der Waals surface area contributed by atoms with Crippen LogP contribution in [0.2, 0.25) is 0 Å². The normalized spacial score (nSPS) is 17.8. The van der Waals surface area contributed by atoms with Crippen LogP contribution in [0.4, 0.5) is 13.2 Å².